The fourth-order valence-corrected chi connectivity index (χ4v) is 2.15. The molecular formula is C11H10O2S. The second-order valence-corrected chi connectivity index (χ2v) is 4.21. The highest BCUT2D eigenvalue weighted by molar-refractivity contribution is 7.81. The van der Waals surface area contributed by atoms with Crippen LogP contribution in [0.4, 0.5) is 0 Å². The van der Waals surface area contributed by atoms with E-state index in [9.17, 15) is 4.79 Å². The number of aliphatic carboxylic acids is 1. The summed E-state index contributed by atoms with van der Waals surface area (Å²) in [7, 11) is 0. The molecule has 72 valence electrons. The maximum atomic E-state index is 10.7. The highest BCUT2D eigenvalue weighted by atomic mass is 32.1. The molecule has 1 atom stereocenters. The average molecular weight is 206 g/mol. The van der Waals surface area contributed by atoms with E-state index in [-0.39, 0.29) is 6.42 Å². The van der Waals surface area contributed by atoms with Gasteiger partial charge in [0.25, 0.3) is 0 Å². The molecular weight excluding hydrogens is 196 g/mol. The van der Waals surface area contributed by atoms with Crippen molar-refractivity contribution in [3.8, 4) is 0 Å². The van der Waals surface area contributed by atoms with Crippen molar-refractivity contribution in [2.24, 2.45) is 0 Å². The Bertz CT molecular complexity index is 412. The molecule has 1 N–H and O–H groups in total. The van der Waals surface area contributed by atoms with E-state index >= 15 is 0 Å². The molecule has 0 heterocycles. The van der Waals surface area contributed by atoms with Crippen molar-refractivity contribution in [3.63, 3.8) is 0 Å². The molecule has 0 aromatic heterocycles. The monoisotopic (exact) mass is 206 g/mol. The molecule has 2 nitrogen and oxygen atoms in total. The largest absolute Gasteiger partial charge is 0.481 e. The second-order valence-electron chi connectivity index (χ2n) is 3.42. The van der Waals surface area contributed by atoms with Crippen LogP contribution in [0.2, 0.25) is 0 Å². The maximum Gasteiger partial charge on any atom is 0.305 e. The fourth-order valence-electron chi connectivity index (χ4n) is 1.74. The van der Waals surface area contributed by atoms with Gasteiger partial charge in [-0.05, 0) is 11.1 Å². The Kier molecular flexibility index (Phi) is 2.11. The van der Waals surface area contributed by atoms with Crippen LogP contribution in [0.25, 0.3) is 6.08 Å². The first-order valence-corrected chi connectivity index (χ1v) is 4.79. The topological polar surface area (TPSA) is 37.3 Å². The SMILES string of the molecule is O=C(O)CC1(S)C=Cc2ccccc21. The fraction of sp³-hybridized carbons (Fsp3) is 0.182. The molecule has 0 aliphatic heterocycles. The number of rotatable bonds is 2. The van der Waals surface area contributed by atoms with E-state index in [1.807, 2.05) is 36.4 Å². The van der Waals surface area contributed by atoms with Gasteiger partial charge in [-0.15, -0.1) is 0 Å². The van der Waals surface area contributed by atoms with Crippen LogP contribution in [0, 0.1) is 0 Å². The third-order valence-electron chi connectivity index (χ3n) is 2.39. The lowest BCUT2D eigenvalue weighted by atomic mass is 9.96. The number of benzene rings is 1. The zero-order valence-corrected chi connectivity index (χ0v) is 8.37. The lowest BCUT2D eigenvalue weighted by molar-refractivity contribution is -0.137. The van der Waals surface area contributed by atoms with E-state index in [4.69, 9.17) is 5.11 Å². The third-order valence-corrected chi connectivity index (χ3v) is 2.93. The minimum atomic E-state index is -0.832. The van der Waals surface area contributed by atoms with E-state index in [0.717, 1.165) is 11.1 Å². The molecule has 1 unspecified atom stereocenters. The molecule has 1 aromatic rings. The van der Waals surface area contributed by atoms with Gasteiger partial charge in [-0.2, -0.15) is 12.6 Å². The van der Waals surface area contributed by atoms with Gasteiger partial charge in [0.1, 0.15) is 0 Å². The van der Waals surface area contributed by atoms with Crippen LogP contribution >= 0.6 is 12.6 Å². The molecule has 0 fully saturated rings. The number of carboxylic acids is 1. The number of carboxylic acid groups (broad SMARTS) is 1. The highest BCUT2D eigenvalue weighted by Gasteiger charge is 2.32. The summed E-state index contributed by atoms with van der Waals surface area (Å²) in [5.41, 5.74) is 2.04. The minimum absolute atomic E-state index is 0.0175. The molecule has 1 aliphatic carbocycles. The van der Waals surface area contributed by atoms with Crippen LogP contribution in [0.3, 0.4) is 0 Å². The smallest absolute Gasteiger partial charge is 0.305 e. The van der Waals surface area contributed by atoms with Crippen molar-refractivity contribution < 1.29 is 9.90 Å². The summed E-state index contributed by atoms with van der Waals surface area (Å²) in [5, 5.41) is 8.78. The van der Waals surface area contributed by atoms with Gasteiger partial charge in [-0.25, -0.2) is 0 Å². The zero-order valence-electron chi connectivity index (χ0n) is 7.47. The minimum Gasteiger partial charge on any atom is -0.481 e. The molecule has 2 rings (SSSR count). The third kappa shape index (κ3) is 1.44. The van der Waals surface area contributed by atoms with E-state index in [2.05, 4.69) is 12.6 Å². The van der Waals surface area contributed by atoms with Crippen LogP contribution in [0.15, 0.2) is 30.3 Å². The predicted octanol–water partition coefficient (Wildman–Crippen LogP) is 2.31. The highest BCUT2D eigenvalue weighted by Crippen LogP contribution is 2.41. The first-order chi connectivity index (χ1) is 6.62. The Balaban J connectivity index is 2.42. The number of carbonyl (C=O) groups is 1. The Morgan fingerprint density at radius 1 is 1.43 bits per heavy atom. The van der Waals surface area contributed by atoms with Crippen LogP contribution < -0.4 is 0 Å². The van der Waals surface area contributed by atoms with E-state index < -0.39 is 10.7 Å². The van der Waals surface area contributed by atoms with Gasteiger partial charge in [0.15, 0.2) is 0 Å². The normalized spacial score (nSPS) is 23.5. The Hall–Kier alpha value is -1.22. The molecule has 0 spiro atoms. The number of fused-ring (bicyclic) bond motifs is 1. The van der Waals surface area contributed by atoms with Crippen LogP contribution in [0.5, 0.6) is 0 Å². The summed E-state index contributed by atoms with van der Waals surface area (Å²) in [4.78, 5) is 10.7. The van der Waals surface area contributed by atoms with Gasteiger partial charge in [0.2, 0.25) is 0 Å². The lowest BCUT2D eigenvalue weighted by Crippen LogP contribution is -2.18. The summed E-state index contributed by atoms with van der Waals surface area (Å²) >= 11 is 4.43. The Labute approximate surface area is 87.7 Å². The first kappa shape index (κ1) is 9.34. The summed E-state index contributed by atoms with van der Waals surface area (Å²) in [5.74, 6) is -0.832. The van der Waals surface area contributed by atoms with Gasteiger partial charge >= 0.3 is 5.97 Å². The summed E-state index contributed by atoms with van der Waals surface area (Å²) in [6, 6.07) is 7.72. The predicted molar refractivity (Wildman–Crippen MR) is 58.4 cm³/mol. The van der Waals surface area contributed by atoms with Gasteiger partial charge in [0, 0.05) is 0 Å². The van der Waals surface area contributed by atoms with Gasteiger partial charge < -0.3 is 5.11 Å². The molecule has 0 bridgehead atoms. The van der Waals surface area contributed by atoms with Crippen molar-refractivity contribution >= 4 is 24.7 Å². The van der Waals surface area contributed by atoms with Crippen molar-refractivity contribution in [1.82, 2.24) is 0 Å². The summed E-state index contributed by atoms with van der Waals surface area (Å²) in [6.07, 6.45) is 3.78. The van der Waals surface area contributed by atoms with Crippen LogP contribution in [-0.4, -0.2) is 11.1 Å². The van der Waals surface area contributed by atoms with Crippen molar-refractivity contribution in [3.05, 3.63) is 41.5 Å². The molecule has 14 heavy (non-hydrogen) atoms. The number of hydrogen-bond donors (Lipinski definition) is 2. The maximum absolute atomic E-state index is 10.7. The lowest BCUT2D eigenvalue weighted by Gasteiger charge is -2.20. The molecule has 1 aromatic carbocycles. The number of thiol groups is 1. The van der Waals surface area contributed by atoms with Crippen LogP contribution in [0.1, 0.15) is 17.5 Å². The Morgan fingerprint density at radius 3 is 2.86 bits per heavy atom. The van der Waals surface area contributed by atoms with E-state index in [1.54, 1.807) is 0 Å². The van der Waals surface area contributed by atoms with Gasteiger partial charge in [-0.1, -0.05) is 36.4 Å². The van der Waals surface area contributed by atoms with Gasteiger partial charge in [-0.3, -0.25) is 4.79 Å². The van der Waals surface area contributed by atoms with Crippen molar-refractivity contribution in [2.75, 3.05) is 0 Å². The van der Waals surface area contributed by atoms with Crippen molar-refractivity contribution in [1.29, 1.82) is 0 Å². The van der Waals surface area contributed by atoms with Crippen molar-refractivity contribution in [2.45, 2.75) is 11.2 Å². The van der Waals surface area contributed by atoms with E-state index in [1.165, 1.54) is 0 Å². The zero-order chi connectivity index (χ0) is 10.2. The van der Waals surface area contributed by atoms with Gasteiger partial charge in [0.05, 0.1) is 11.2 Å². The average Bonchev–Trinajstić information content (AvgIpc) is 2.44. The standard InChI is InChI=1S/C11H10O2S/c12-10(13)7-11(14)6-5-8-3-1-2-4-9(8)11/h1-6,14H,7H2,(H,12,13). The molecule has 1 aliphatic rings. The molecule has 0 saturated heterocycles. The Morgan fingerprint density at radius 2 is 2.14 bits per heavy atom. The number of hydrogen-bond acceptors (Lipinski definition) is 2. The molecule has 0 saturated carbocycles. The molecule has 0 radical (unpaired) electrons. The van der Waals surface area contributed by atoms with Crippen LogP contribution in [-0.2, 0) is 9.54 Å². The quantitative estimate of drug-likeness (QED) is 0.729. The summed E-state index contributed by atoms with van der Waals surface area (Å²) < 4.78 is -0.636. The first-order valence-electron chi connectivity index (χ1n) is 4.35. The molecule has 0 amide bonds. The van der Waals surface area contributed by atoms with E-state index in [0.29, 0.717) is 0 Å². The second kappa shape index (κ2) is 3.17. The summed E-state index contributed by atoms with van der Waals surface area (Å²) in [6.45, 7) is 0. The molecule has 3 heteroatoms.